The fourth-order valence-corrected chi connectivity index (χ4v) is 4.18. The van der Waals surface area contributed by atoms with Crippen LogP contribution in [0.3, 0.4) is 0 Å². The molecule has 4 rings (SSSR count). The average Bonchev–Trinajstić information content (AvgIpc) is 3.13. The van der Waals surface area contributed by atoms with Crippen molar-refractivity contribution in [1.82, 2.24) is 4.57 Å². The Labute approximate surface area is 202 Å². The lowest BCUT2D eigenvalue weighted by Gasteiger charge is -2.25. The molecule has 36 heavy (non-hydrogen) atoms. The quantitative estimate of drug-likeness (QED) is 0.283. The van der Waals surface area contributed by atoms with Gasteiger partial charge in [0.05, 0.1) is 23.2 Å². The molecule has 0 aliphatic heterocycles. The van der Waals surface area contributed by atoms with Gasteiger partial charge in [-0.3, -0.25) is 4.79 Å². The lowest BCUT2D eigenvalue weighted by Crippen LogP contribution is -2.18. The lowest BCUT2D eigenvalue weighted by atomic mass is 10.1. The molecule has 0 bridgehead atoms. The molecule has 4 nitrogen and oxygen atoms in total. The maximum atomic E-state index is 13.6. The Morgan fingerprint density at radius 3 is 2.31 bits per heavy atom. The summed E-state index contributed by atoms with van der Waals surface area (Å²) < 4.78 is 82.4. The predicted octanol–water partition coefficient (Wildman–Crippen LogP) is 7.12. The molecule has 188 valence electrons. The highest BCUT2D eigenvalue weighted by Gasteiger charge is 2.38. The molecule has 0 saturated carbocycles. The minimum absolute atomic E-state index is 0.175. The van der Waals surface area contributed by atoms with Gasteiger partial charge in [-0.15, -0.1) is 0 Å². The molecule has 0 spiro atoms. The molecule has 4 aromatic rings. The van der Waals surface area contributed by atoms with Crippen molar-refractivity contribution in [3.05, 3.63) is 95.2 Å². The number of fused-ring (bicyclic) bond motifs is 1. The van der Waals surface area contributed by atoms with Crippen molar-refractivity contribution in [2.24, 2.45) is 0 Å². The minimum atomic E-state index is -4.85. The van der Waals surface area contributed by atoms with Gasteiger partial charge in [0.25, 0.3) is 0 Å². The van der Waals surface area contributed by atoms with Crippen molar-refractivity contribution in [3.63, 3.8) is 0 Å². The number of carbonyl (C=O) groups is 1. The molecule has 0 saturated heterocycles. The molecule has 1 aromatic heterocycles. The number of aliphatic carboxylic acids is 1. The van der Waals surface area contributed by atoms with Crippen LogP contribution in [0.5, 0.6) is 0 Å². The van der Waals surface area contributed by atoms with Crippen LogP contribution in [0.2, 0.25) is 0 Å². The summed E-state index contributed by atoms with van der Waals surface area (Å²) in [5.74, 6) is -0.983. The Balaban J connectivity index is 1.72. The molecule has 0 fully saturated rings. The van der Waals surface area contributed by atoms with Gasteiger partial charge >= 0.3 is 18.3 Å². The van der Waals surface area contributed by atoms with Gasteiger partial charge in [0.2, 0.25) is 0 Å². The largest absolute Gasteiger partial charge is 0.481 e. The van der Waals surface area contributed by atoms with Crippen molar-refractivity contribution in [1.29, 1.82) is 0 Å². The molecular formula is C26H20F6N2O2. The van der Waals surface area contributed by atoms with Crippen molar-refractivity contribution >= 4 is 28.2 Å². The third-order valence-electron chi connectivity index (χ3n) is 5.86. The number of carboxylic acid groups (broad SMARTS) is 1. The summed E-state index contributed by atoms with van der Waals surface area (Å²) in [6.07, 6.45) is -8.11. The van der Waals surface area contributed by atoms with Crippen molar-refractivity contribution < 1.29 is 36.2 Å². The lowest BCUT2D eigenvalue weighted by molar-refractivity contribution is -0.140. The zero-order valence-corrected chi connectivity index (χ0v) is 18.9. The third kappa shape index (κ3) is 5.17. The highest BCUT2D eigenvalue weighted by molar-refractivity contribution is 5.87. The zero-order chi connectivity index (χ0) is 26.3. The van der Waals surface area contributed by atoms with Crippen molar-refractivity contribution in [2.75, 3.05) is 11.9 Å². The monoisotopic (exact) mass is 506 g/mol. The second-order valence-corrected chi connectivity index (χ2v) is 8.33. The second kappa shape index (κ2) is 9.25. The standard InChI is InChI=1S/C26H20F6N2O2/c1-33(23-13-18(25(27,28)29)9-10-21(23)26(30,31)32)19-6-4-5-16(11-19)14-34-15-17(12-24(35)36)20-7-2-3-8-22(20)34/h2-11,13,15H,12,14H2,1H3,(H,35,36). The number of hydrogen-bond acceptors (Lipinski definition) is 2. The van der Waals surface area contributed by atoms with E-state index in [1.54, 1.807) is 42.6 Å². The molecule has 1 N–H and O–H groups in total. The van der Waals surface area contributed by atoms with Gasteiger partial charge in [-0.1, -0.05) is 30.3 Å². The van der Waals surface area contributed by atoms with E-state index in [2.05, 4.69) is 0 Å². The molecule has 10 heteroatoms. The Hall–Kier alpha value is -3.95. The first kappa shape index (κ1) is 25.2. The van der Waals surface area contributed by atoms with Crippen LogP contribution in [-0.2, 0) is 30.1 Å². The van der Waals surface area contributed by atoms with E-state index in [0.29, 0.717) is 29.3 Å². The number of hydrogen-bond donors (Lipinski definition) is 1. The van der Waals surface area contributed by atoms with Crippen LogP contribution in [0.1, 0.15) is 22.3 Å². The first-order valence-corrected chi connectivity index (χ1v) is 10.7. The fraction of sp³-hybridized carbons (Fsp3) is 0.192. The van der Waals surface area contributed by atoms with Gasteiger partial charge in [0.1, 0.15) is 0 Å². The Kier molecular flexibility index (Phi) is 6.46. The normalized spacial score (nSPS) is 12.2. The van der Waals surface area contributed by atoms with Crippen LogP contribution in [0.4, 0.5) is 37.7 Å². The predicted molar refractivity (Wildman–Crippen MR) is 123 cm³/mol. The van der Waals surface area contributed by atoms with Crippen LogP contribution >= 0.6 is 0 Å². The smallest absolute Gasteiger partial charge is 0.418 e. The molecule has 0 unspecified atom stereocenters. The van der Waals surface area contributed by atoms with Gasteiger partial charge in [-0.2, -0.15) is 26.3 Å². The maximum absolute atomic E-state index is 13.6. The molecule has 0 amide bonds. The van der Waals surface area contributed by atoms with Crippen LogP contribution < -0.4 is 4.90 Å². The number of alkyl halides is 6. The van der Waals surface area contributed by atoms with E-state index < -0.39 is 35.1 Å². The van der Waals surface area contributed by atoms with Gasteiger partial charge in [0, 0.05) is 36.4 Å². The number of para-hydroxylation sites is 1. The maximum Gasteiger partial charge on any atom is 0.418 e. The molecule has 0 radical (unpaired) electrons. The minimum Gasteiger partial charge on any atom is -0.481 e. The highest BCUT2D eigenvalue weighted by atomic mass is 19.4. The Morgan fingerprint density at radius 1 is 0.917 bits per heavy atom. The second-order valence-electron chi connectivity index (χ2n) is 8.33. The van der Waals surface area contributed by atoms with E-state index in [1.807, 2.05) is 10.6 Å². The van der Waals surface area contributed by atoms with E-state index >= 15 is 0 Å². The van der Waals surface area contributed by atoms with Crippen LogP contribution in [0.15, 0.2) is 72.9 Å². The number of anilines is 2. The van der Waals surface area contributed by atoms with Crippen LogP contribution in [0, 0.1) is 0 Å². The number of nitrogens with zero attached hydrogens (tertiary/aromatic N) is 2. The zero-order valence-electron chi connectivity index (χ0n) is 18.9. The van der Waals surface area contributed by atoms with Gasteiger partial charge < -0.3 is 14.6 Å². The van der Waals surface area contributed by atoms with Gasteiger partial charge in [-0.25, -0.2) is 0 Å². The number of aromatic nitrogens is 1. The number of benzene rings is 3. The topological polar surface area (TPSA) is 45.5 Å². The molecule has 0 atom stereocenters. The fourth-order valence-electron chi connectivity index (χ4n) is 4.18. The van der Waals surface area contributed by atoms with Gasteiger partial charge in [-0.05, 0) is 47.5 Å². The van der Waals surface area contributed by atoms with E-state index in [9.17, 15) is 36.2 Å². The summed E-state index contributed by atoms with van der Waals surface area (Å²) in [5, 5.41) is 9.99. The summed E-state index contributed by atoms with van der Waals surface area (Å²) in [7, 11) is 1.28. The van der Waals surface area contributed by atoms with Gasteiger partial charge in [0.15, 0.2) is 0 Å². The number of rotatable bonds is 6. The van der Waals surface area contributed by atoms with E-state index in [0.717, 1.165) is 15.8 Å². The van der Waals surface area contributed by atoms with E-state index in [-0.39, 0.29) is 18.7 Å². The summed E-state index contributed by atoms with van der Waals surface area (Å²) in [6, 6.07) is 15.0. The SMILES string of the molecule is CN(c1cccc(Cn2cc(CC(=O)O)c3ccccc32)c1)c1cc(C(F)(F)F)ccc1C(F)(F)F. The third-order valence-corrected chi connectivity index (χ3v) is 5.86. The summed E-state index contributed by atoms with van der Waals surface area (Å²) in [5.41, 5.74) is -0.655. The van der Waals surface area contributed by atoms with E-state index in [1.165, 1.54) is 13.1 Å². The average molecular weight is 506 g/mol. The molecule has 0 aliphatic rings. The summed E-state index contributed by atoms with van der Waals surface area (Å²) in [4.78, 5) is 12.3. The van der Waals surface area contributed by atoms with E-state index in [4.69, 9.17) is 0 Å². The van der Waals surface area contributed by atoms with Crippen LogP contribution in [0.25, 0.3) is 10.9 Å². The van der Waals surface area contributed by atoms with Crippen LogP contribution in [-0.4, -0.2) is 22.7 Å². The first-order valence-electron chi connectivity index (χ1n) is 10.7. The van der Waals surface area contributed by atoms with Crippen molar-refractivity contribution in [3.8, 4) is 0 Å². The first-order chi connectivity index (χ1) is 16.8. The number of halogens is 6. The molecular weight excluding hydrogens is 486 g/mol. The highest BCUT2D eigenvalue weighted by Crippen LogP contribution is 2.42. The molecule has 3 aromatic carbocycles. The molecule has 1 heterocycles. The van der Waals surface area contributed by atoms with Crippen molar-refractivity contribution in [2.45, 2.75) is 25.3 Å². The molecule has 0 aliphatic carbocycles. The Bertz CT molecular complexity index is 1420. The Morgan fingerprint density at radius 2 is 1.64 bits per heavy atom. The summed E-state index contributed by atoms with van der Waals surface area (Å²) in [6.45, 7) is 0.274. The summed E-state index contributed by atoms with van der Waals surface area (Å²) >= 11 is 0. The number of carboxylic acids is 1.